The molecule has 1 heterocycles. The summed E-state index contributed by atoms with van der Waals surface area (Å²) in [4.78, 5) is 2.44. The molecule has 1 saturated heterocycles. The van der Waals surface area contributed by atoms with Crippen LogP contribution in [0.15, 0.2) is 48.5 Å². The maximum atomic E-state index is 9.27. The highest BCUT2D eigenvalue weighted by Crippen LogP contribution is 2.30. The normalized spacial score (nSPS) is 15.9. The standard InChI is InChI=1S/C21H27NO3/c1-24-20-8-7-19(14-22-11-9-17(15-23)10-12-22)13-21(20)25-16-18-5-3-2-4-6-18/h2-8,13,17,23H,9-12,14-16H2,1H3. The molecule has 3 rings (SSSR count). The molecule has 0 bridgehead atoms. The summed E-state index contributed by atoms with van der Waals surface area (Å²) in [6.45, 7) is 3.83. The van der Waals surface area contributed by atoms with Gasteiger partial charge in [0.1, 0.15) is 6.61 Å². The van der Waals surface area contributed by atoms with Crippen molar-refractivity contribution in [3.8, 4) is 11.5 Å². The first-order chi connectivity index (χ1) is 12.3. The van der Waals surface area contributed by atoms with Crippen molar-refractivity contribution in [3.63, 3.8) is 0 Å². The Morgan fingerprint density at radius 1 is 1.00 bits per heavy atom. The molecular formula is C21H27NO3. The number of hydrogen-bond donors (Lipinski definition) is 1. The van der Waals surface area contributed by atoms with Gasteiger partial charge in [0.25, 0.3) is 0 Å². The van der Waals surface area contributed by atoms with E-state index < -0.39 is 0 Å². The van der Waals surface area contributed by atoms with E-state index >= 15 is 0 Å². The summed E-state index contributed by atoms with van der Waals surface area (Å²) >= 11 is 0. The second-order valence-electron chi connectivity index (χ2n) is 6.66. The minimum atomic E-state index is 0.313. The Balaban J connectivity index is 1.63. The average Bonchev–Trinajstić information content (AvgIpc) is 2.68. The fourth-order valence-electron chi connectivity index (χ4n) is 3.25. The number of piperidine rings is 1. The van der Waals surface area contributed by atoms with Crippen molar-refractivity contribution in [1.29, 1.82) is 0 Å². The molecule has 25 heavy (non-hydrogen) atoms. The molecule has 0 amide bonds. The third-order valence-corrected chi connectivity index (χ3v) is 4.84. The van der Waals surface area contributed by atoms with Crippen molar-refractivity contribution in [2.45, 2.75) is 26.0 Å². The van der Waals surface area contributed by atoms with Crippen LogP contribution in [-0.4, -0.2) is 36.8 Å². The van der Waals surface area contributed by atoms with Crippen LogP contribution in [0.1, 0.15) is 24.0 Å². The first-order valence-electron chi connectivity index (χ1n) is 8.95. The van der Waals surface area contributed by atoms with Crippen LogP contribution >= 0.6 is 0 Å². The van der Waals surface area contributed by atoms with E-state index in [2.05, 4.69) is 29.2 Å². The number of aliphatic hydroxyl groups excluding tert-OH is 1. The third-order valence-electron chi connectivity index (χ3n) is 4.84. The van der Waals surface area contributed by atoms with Crippen LogP contribution in [0.2, 0.25) is 0 Å². The zero-order valence-corrected chi connectivity index (χ0v) is 14.9. The van der Waals surface area contributed by atoms with Crippen LogP contribution in [-0.2, 0) is 13.2 Å². The van der Waals surface area contributed by atoms with E-state index in [4.69, 9.17) is 9.47 Å². The largest absolute Gasteiger partial charge is 0.493 e. The van der Waals surface area contributed by atoms with E-state index in [9.17, 15) is 5.11 Å². The molecule has 134 valence electrons. The number of nitrogens with zero attached hydrogens (tertiary/aromatic N) is 1. The Hall–Kier alpha value is -2.04. The van der Waals surface area contributed by atoms with Crippen LogP contribution in [0.4, 0.5) is 0 Å². The van der Waals surface area contributed by atoms with E-state index in [-0.39, 0.29) is 0 Å². The molecule has 0 saturated carbocycles. The van der Waals surface area contributed by atoms with Gasteiger partial charge in [0.05, 0.1) is 7.11 Å². The number of aliphatic hydroxyl groups is 1. The second-order valence-corrected chi connectivity index (χ2v) is 6.66. The first kappa shape index (κ1) is 17.8. The molecule has 2 aromatic carbocycles. The van der Waals surface area contributed by atoms with E-state index in [1.54, 1.807) is 7.11 Å². The van der Waals surface area contributed by atoms with Gasteiger partial charge in [-0.1, -0.05) is 36.4 Å². The predicted molar refractivity (Wildman–Crippen MR) is 98.9 cm³/mol. The van der Waals surface area contributed by atoms with Gasteiger partial charge >= 0.3 is 0 Å². The number of ether oxygens (including phenoxy) is 2. The van der Waals surface area contributed by atoms with E-state index in [0.29, 0.717) is 19.1 Å². The van der Waals surface area contributed by atoms with Gasteiger partial charge in [0.15, 0.2) is 11.5 Å². The van der Waals surface area contributed by atoms with E-state index in [0.717, 1.165) is 49.5 Å². The van der Waals surface area contributed by atoms with Gasteiger partial charge in [-0.25, -0.2) is 0 Å². The molecule has 2 aromatic rings. The minimum absolute atomic E-state index is 0.313. The van der Waals surface area contributed by atoms with Crippen molar-refractivity contribution >= 4 is 0 Å². The highest BCUT2D eigenvalue weighted by molar-refractivity contribution is 5.43. The Morgan fingerprint density at radius 2 is 1.76 bits per heavy atom. The lowest BCUT2D eigenvalue weighted by Crippen LogP contribution is -2.34. The Morgan fingerprint density at radius 3 is 2.44 bits per heavy atom. The van der Waals surface area contributed by atoms with E-state index in [1.165, 1.54) is 5.56 Å². The lowest BCUT2D eigenvalue weighted by Gasteiger charge is -2.31. The number of benzene rings is 2. The van der Waals surface area contributed by atoms with Gasteiger partial charge in [0, 0.05) is 13.2 Å². The lowest BCUT2D eigenvalue weighted by molar-refractivity contribution is 0.127. The van der Waals surface area contributed by atoms with Gasteiger partial charge in [-0.2, -0.15) is 0 Å². The molecule has 1 N–H and O–H groups in total. The molecule has 0 unspecified atom stereocenters. The van der Waals surface area contributed by atoms with Crippen molar-refractivity contribution in [2.24, 2.45) is 5.92 Å². The molecule has 4 nitrogen and oxygen atoms in total. The van der Waals surface area contributed by atoms with Gasteiger partial charge in [-0.3, -0.25) is 4.90 Å². The molecule has 1 aliphatic rings. The number of likely N-dealkylation sites (tertiary alicyclic amines) is 1. The summed E-state index contributed by atoms with van der Waals surface area (Å²) in [7, 11) is 1.67. The maximum Gasteiger partial charge on any atom is 0.161 e. The fourth-order valence-corrected chi connectivity index (χ4v) is 3.25. The highest BCUT2D eigenvalue weighted by Gasteiger charge is 2.19. The Bertz CT molecular complexity index is 651. The molecule has 0 spiro atoms. The monoisotopic (exact) mass is 341 g/mol. The predicted octanol–water partition coefficient (Wildman–Crippen LogP) is 3.48. The number of rotatable bonds is 7. The van der Waals surface area contributed by atoms with Gasteiger partial charge in [0.2, 0.25) is 0 Å². The molecule has 4 heteroatoms. The zero-order chi connectivity index (χ0) is 17.5. The van der Waals surface area contributed by atoms with E-state index in [1.807, 2.05) is 24.3 Å². The first-order valence-corrected chi connectivity index (χ1v) is 8.95. The van der Waals surface area contributed by atoms with Crippen LogP contribution in [0.5, 0.6) is 11.5 Å². The molecule has 0 aliphatic carbocycles. The molecule has 0 radical (unpaired) electrons. The summed E-state index contributed by atoms with van der Waals surface area (Å²) < 4.78 is 11.4. The van der Waals surface area contributed by atoms with Crippen LogP contribution < -0.4 is 9.47 Å². The quantitative estimate of drug-likeness (QED) is 0.837. The van der Waals surface area contributed by atoms with Crippen molar-refractivity contribution in [1.82, 2.24) is 4.90 Å². The Labute approximate surface area is 150 Å². The van der Waals surface area contributed by atoms with Crippen LogP contribution in [0.25, 0.3) is 0 Å². The smallest absolute Gasteiger partial charge is 0.161 e. The average molecular weight is 341 g/mol. The maximum absolute atomic E-state index is 9.27. The topological polar surface area (TPSA) is 41.9 Å². The fraction of sp³-hybridized carbons (Fsp3) is 0.429. The summed E-state index contributed by atoms with van der Waals surface area (Å²) in [5, 5.41) is 9.27. The van der Waals surface area contributed by atoms with Gasteiger partial charge in [-0.05, 0) is 55.1 Å². The van der Waals surface area contributed by atoms with Crippen molar-refractivity contribution < 1.29 is 14.6 Å². The molecular weight excluding hydrogens is 314 g/mol. The lowest BCUT2D eigenvalue weighted by atomic mass is 9.97. The second kappa shape index (κ2) is 8.88. The SMILES string of the molecule is COc1ccc(CN2CCC(CO)CC2)cc1OCc1ccccc1. The third kappa shape index (κ3) is 4.97. The summed E-state index contributed by atoms with van der Waals surface area (Å²) in [6.07, 6.45) is 2.15. The highest BCUT2D eigenvalue weighted by atomic mass is 16.5. The Kier molecular flexibility index (Phi) is 6.31. The molecule has 1 aliphatic heterocycles. The number of hydrogen-bond acceptors (Lipinski definition) is 4. The van der Waals surface area contributed by atoms with Crippen LogP contribution in [0, 0.1) is 5.92 Å². The van der Waals surface area contributed by atoms with Gasteiger partial charge < -0.3 is 14.6 Å². The molecule has 0 atom stereocenters. The molecule has 1 fully saturated rings. The van der Waals surface area contributed by atoms with Crippen molar-refractivity contribution in [3.05, 3.63) is 59.7 Å². The van der Waals surface area contributed by atoms with Crippen LogP contribution in [0.3, 0.4) is 0 Å². The zero-order valence-electron chi connectivity index (χ0n) is 14.9. The summed E-state index contributed by atoms with van der Waals surface area (Å²) in [5.41, 5.74) is 2.37. The van der Waals surface area contributed by atoms with Crippen molar-refractivity contribution in [2.75, 3.05) is 26.8 Å². The summed E-state index contributed by atoms with van der Waals surface area (Å²) in [6, 6.07) is 16.3. The molecule has 0 aromatic heterocycles. The van der Waals surface area contributed by atoms with Gasteiger partial charge in [-0.15, -0.1) is 0 Å². The number of methoxy groups -OCH3 is 1. The summed E-state index contributed by atoms with van der Waals surface area (Å²) in [5.74, 6) is 2.02. The minimum Gasteiger partial charge on any atom is -0.493 e.